The molecular weight excluding hydrogens is 362 g/mol. The molecule has 6 nitrogen and oxygen atoms in total. The lowest BCUT2D eigenvalue weighted by atomic mass is 9.71. The Labute approximate surface area is 164 Å². The van der Waals surface area contributed by atoms with Crippen LogP contribution in [0.25, 0.3) is 0 Å². The van der Waals surface area contributed by atoms with Gasteiger partial charge in [-0.2, -0.15) is 0 Å². The fourth-order valence-corrected chi connectivity index (χ4v) is 4.69. The normalized spacial score (nSPS) is 15.4. The molecule has 1 heterocycles. The number of hydrogen-bond acceptors (Lipinski definition) is 6. The standard InChI is InChI=1S/C20H27N3O3S/c1-20(2,13-9-6-5-7-10-13)18-22-23-19(27-18)21-17(24)16-14(25-3)11-8-12-15(16)26-4/h8,11-13H,5-7,9-10H2,1-4H3,(H,21,23,24). The van der Waals surface area contributed by atoms with E-state index in [-0.39, 0.29) is 11.3 Å². The van der Waals surface area contributed by atoms with E-state index in [1.165, 1.54) is 57.7 Å². The van der Waals surface area contributed by atoms with Crippen LogP contribution in [0.1, 0.15) is 61.3 Å². The van der Waals surface area contributed by atoms with E-state index in [2.05, 4.69) is 29.4 Å². The molecule has 0 aliphatic heterocycles. The van der Waals surface area contributed by atoms with Crippen LogP contribution < -0.4 is 14.8 Å². The number of methoxy groups -OCH3 is 2. The molecule has 3 rings (SSSR count). The predicted octanol–water partition coefficient (Wildman–Crippen LogP) is 4.67. The lowest BCUT2D eigenvalue weighted by molar-refractivity contribution is 0.102. The highest BCUT2D eigenvalue weighted by molar-refractivity contribution is 7.15. The number of anilines is 1. The Balaban J connectivity index is 1.79. The minimum atomic E-state index is -0.317. The summed E-state index contributed by atoms with van der Waals surface area (Å²) >= 11 is 1.45. The lowest BCUT2D eigenvalue weighted by Gasteiger charge is -2.35. The molecule has 146 valence electrons. The smallest absolute Gasteiger partial charge is 0.265 e. The summed E-state index contributed by atoms with van der Waals surface area (Å²) in [5.74, 6) is 1.21. The minimum absolute atomic E-state index is 0.0385. The monoisotopic (exact) mass is 389 g/mol. The third-order valence-corrected chi connectivity index (χ3v) is 6.66. The van der Waals surface area contributed by atoms with Gasteiger partial charge >= 0.3 is 0 Å². The Morgan fingerprint density at radius 2 is 1.74 bits per heavy atom. The molecular formula is C20H27N3O3S. The van der Waals surface area contributed by atoms with Crippen molar-refractivity contribution >= 4 is 22.4 Å². The molecule has 0 spiro atoms. The number of carbonyl (C=O) groups is 1. The van der Waals surface area contributed by atoms with Gasteiger partial charge in [-0.15, -0.1) is 10.2 Å². The number of hydrogen-bond donors (Lipinski definition) is 1. The van der Waals surface area contributed by atoms with Crippen molar-refractivity contribution in [1.29, 1.82) is 0 Å². The first kappa shape index (κ1) is 19.6. The molecule has 0 unspecified atom stereocenters. The van der Waals surface area contributed by atoms with Crippen LogP contribution in [-0.4, -0.2) is 30.3 Å². The average Bonchev–Trinajstić information content (AvgIpc) is 3.17. The molecule has 7 heteroatoms. The molecule has 1 aliphatic carbocycles. The summed E-state index contributed by atoms with van der Waals surface area (Å²) in [7, 11) is 3.06. The average molecular weight is 390 g/mol. The van der Waals surface area contributed by atoms with Gasteiger partial charge in [0.05, 0.1) is 14.2 Å². The van der Waals surface area contributed by atoms with Crippen molar-refractivity contribution in [3.8, 4) is 11.5 Å². The van der Waals surface area contributed by atoms with Gasteiger partial charge in [-0.25, -0.2) is 0 Å². The van der Waals surface area contributed by atoms with Crippen LogP contribution >= 0.6 is 11.3 Å². The molecule has 1 saturated carbocycles. The maximum Gasteiger partial charge on any atom is 0.265 e. The van der Waals surface area contributed by atoms with Crippen LogP contribution in [-0.2, 0) is 5.41 Å². The van der Waals surface area contributed by atoms with Crippen molar-refractivity contribution in [2.75, 3.05) is 19.5 Å². The minimum Gasteiger partial charge on any atom is -0.496 e. The number of carbonyl (C=O) groups excluding carboxylic acids is 1. The van der Waals surface area contributed by atoms with Crippen LogP contribution in [0.15, 0.2) is 18.2 Å². The summed E-state index contributed by atoms with van der Waals surface area (Å²) in [6.45, 7) is 4.47. The van der Waals surface area contributed by atoms with Crippen molar-refractivity contribution in [3.05, 3.63) is 28.8 Å². The van der Waals surface area contributed by atoms with Gasteiger partial charge in [0.25, 0.3) is 5.91 Å². The third kappa shape index (κ3) is 4.08. The van der Waals surface area contributed by atoms with Gasteiger partial charge < -0.3 is 9.47 Å². The third-order valence-electron chi connectivity index (χ3n) is 5.48. The number of amides is 1. The predicted molar refractivity (Wildman–Crippen MR) is 107 cm³/mol. The first-order chi connectivity index (χ1) is 13.0. The molecule has 27 heavy (non-hydrogen) atoms. The maximum atomic E-state index is 12.8. The van der Waals surface area contributed by atoms with Gasteiger partial charge in [0.1, 0.15) is 22.1 Å². The Morgan fingerprint density at radius 3 is 2.33 bits per heavy atom. The summed E-state index contributed by atoms with van der Waals surface area (Å²) in [6.07, 6.45) is 6.35. The first-order valence-corrected chi connectivity index (χ1v) is 10.2. The van der Waals surface area contributed by atoms with Gasteiger partial charge in [0.15, 0.2) is 0 Å². The topological polar surface area (TPSA) is 73.3 Å². The van der Waals surface area contributed by atoms with Crippen LogP contribution in [0.3, 0.4) is 0 Å². The van der Waals surface area contributed by atoms with Crippen LogP contribution in [0, 0.1) is 5.92 Å². The summed E-state index contributed by atoms with van der Waals surface area (Å²) in [5.41, 5.74) is 0.314. The molecule has 1 aromatic carbocycles. The van der Waals surface area contributed by atoms with Gasteiger partial charge in [-0.1, -0.05) is 50.5 Å². The summed E-state index contributed by atoms with van der Waals surface area (Å²) in [5, 5.41) is 12.9. The number of rotatable bonds is 6. The molecule has 0 saturated heterocycles. The molecule has 1 amide bonds. The van der Waals surface area contributed by atoms with Crippen molar-refractivity contribution in [2.45, 2.75) is 51.4 Å². The molecule has 1 aromatic heterocycles. The summed E-state index contributed by atoms with van der Waals surface area (Å²) < 4.78 is 10.6. The fourth-order valence-electron chi connectivity index (χ4n) is 3.77. The zero-order valence-corrected chi connectivity index (χ0v) is 17.2. The van der Waals surface area contributed by atoms with E-state index in [0.29, 0.717) is 28.1 Å². The quantitative estimate of drug-likeness (QED) is 0.777. The van der Waals surface area contributed by atoms with E-state index >= 15 is 0 Å². The second-order valence-corrected chi connectivity index (χ2v) is 8.44. The van der Waals surface area contributed by atoms with Crippen LogP contribution in [0.4, 0.5) is 5.13 Å². The maximum absolute atomic E-state index is 12.8. The zero-order valence-electron chi connectivity index (χ0n) is 16.4. The Kier molecular flexibility index (Phi) is 5.99. The van der Waals surface area contributed by atoms with Gasteiger partial charge in [0.2, 0.25) is 5.13 Å². The van der Waals surface area contributed by atoms with Crippen LogP contribution in [0.5, 0.6) is 11.5 Å². The lowest BCUT2D eigenvalue weighted by Crippen LogP contribution is -2.30. The highest BCUT2D eigenvalue weighted by atomic mass is 32.1. The van der Waals surface area contributed by atoms with Crippen molar-refractivity contribution in [1.82, 2.24) is 10.2 Å². The van der Waals surface area contributed by atoms with E-state index in [1.54, 1.807) is 18.2 Å². The second-order valence-electron chi connectivity index (χ2n) is 7.46. The van der Waals surface area contributed by atoms with Crippen molar-refractivity contribution in [3.63, 3.8) is 0 Å². The van der Waals surface area contributed by atoms with E-state index in [1.807, 2.05) is 0 Å². The number of nitrogens with one attached hydrogen (secondary N) is 1. The Morgan fingerprint density at radius 1 is 1.11 bits per heavy atom. The number of nitrogens with zero attached hydrogens (tertiary/aromatic N) is 2. The molecule has 0 atom stereocenters. The van der Waals surface area contributed by atoms with E-state index < -0.39 is 0 Å². The molecule has 1 N–H and O–H groups in total. The molecule has 0 bridgehead atoms. The van der Waals surface area contributed by atoms with Crippen molar-refractivity contribution in [2.24, 2.45) is 5.92 Å². The summed E-state index contributed by atoms with van der Waals surface area (Å²) in [4.78, 5) is 12.8. The van der Waals surface area contributed by atoms with E-state index in [9.17, 15) is 4.79 Å². The van der Waals surface area contributed by atoms with E-state index in [4.69, 9.17) is 9.47 Å². The van der Waals surface area contributed by atoms with Gasteiger partial charge in [-0.05, 0) is 30.9 Å². The number of ether oxygens (including phenoxy) is 2. The SMILES string of the molecule is COc1cccc(OC)c1C(=O)Nc1nnc(C(C)(C)C2CCCCC2)s1. The highest BCUT2D eigenvalue weighted by Gasteiger charge is 2.35. The number of benzene rings is 1. The van der Waals surface area contributed by atoms with Gasteiger partial charge in [0, 0.05) is 5.41 Å². The van der Waals surface area contributed by atoms with Crippen molar-refractivity contribution < 1.29 is 14.3 Å². The molecule has 1 fully saturated rings. The van der Waals surface area contributed by atoms with Crippen LogP contribution in [0.2, 0.25) is 0 Å². The molecule has 0 radical (unpaired) electrons. The summed E-state index contributed by atoms with van der Waals surface area (Å²) in [6, 6.07) is 5.24. The molecule has 1 aliphatic rings. The Hall–Kier alpha value is -2.15. The van der Waals surface area contributed by atoms with Gasteiger partial charge in [-0.3, -0.25) is 10.1 Å². The number of aromatic nitrogens is 2. The largest absolute Gasteiger partial charge is 0.496 e. The highest BCUT2D eigenvalue weighted by Crippen LogP contribution is 2.42. The van der Waals surface area contributed by atoms with E-state index in [0.717, 1.165) is 5.01 Å². The zero-order chi connectivity index (χ0) is 19.4. The molecule has 2 aromatic rings. The first-order valence-electron chi connectivity index (χ1n) is 9.33. The Bertz CT molecular complexity index is 775. The fraction of sp³-hybridized carbons (Fsp3) is 0.550. The second kappa shape index (κ2) is 8.25.